The summed E-state index contributed by atoms with van der Waals surface area (Å²) in [4.78, 5) is 2.81. The van der Waals surface area contributed by atoms with Crippen LogP contribution in [0, 0.1) is 0 Å². The van der Waals surface area contributed by atoms with Crippen molar-refractivity contribution in [1.29, 1.82) is 0 Å². The van der Waals surface area contributed by atoms with E-state index in [9.17, 15) is 0 Å². The Kier molecular flexibility index (Phi) is 4.33. The Morgan fingerprint density at radius 3 is 2.32 bits per heavy atom. The lowest BCUT2D eigenvalue weighted by Crippen LogP contribution is -2.31. The molecule has 19 heavy (non-hydrogen) atoms. The lowest BCUT2D eigenvalue weighted by atomic mass is 10.1. The molecule has 1 N–H and O–H groups in total. The molecule has 2 unspecified atom stereocenters. The van der Waals surface area contributed by atoms with Crippen LogP contribution in [0.3, 0.4) is 0 Å². The van der Waals surface area contributed by atoms with Gasteiger partial charge in [-0.25, -0.2) is 0 Å². The Bertz CT molecular complexity index is 446. The van der Waals surface area contributed by atoms with Crippen molar-refractivity contribution in [3.8, 4) is 0 Å². The van der Waals surface area contributed by atoms with Crippen molar-refractivity contribution in [3.63, 3.8) is 0 Å². The van der Waals surface area contributed by atoms with E-state index in [1.807, 2.05) is 29.8 Å². The van der Waals surface area contributed by atoms with Crippen molar-refractivity contribution in [2.75, 3.05) is 7.11 Å². The minimum atomic E-state index is 0.348. The zero-order valence-electron chi connectivity index (χ0n) is 11.0. The molecule has 2 heterocycles. The lowest BCUT2D eigenvalue weighted by molar-refractivity contribution is 0.106. The summed E-state index contributed by atoms with van der Waals surface area (Å²) < 4.78 is 5.47. The molecule has 2 aromatic heterocycles. The predicted molar refractivity (Wildman–Crippen MR) is 82.1 cm³/mol. The van der Waals surface area contributed by atoms with Gasteiger partial charge in [0.05, 0.1) is 12.1 Å². The van der Waals surface area contributed by atoms with Crippen LogP contribution in [0.5, 0.6) is 0 Å². The van der Waals surface area contributed by atoms with E-state index in [0.717, 1.165) is 6.42 Å². The number of hydrogen-bond donors (Lipinski definition) is 1. The fourth-order valence-corrected chi connectivity index (χ4v) is 4.44. The van der Waals surface area contributed by atoms with E-state index in [1.165, 1.54) is 22.6 Å². The Hall–Kier alpha value is -0.680. The molecule has 0 saturated heterocycles. The van der Waals surface area contributed by atoms with Crippen LogP contribution in [0.25, 0.3) is 0 Å². The lowest BCUT2D eigenvalue weighted by Gasteiger charge is -2.21. The topological polar surface area (TPSA) is 21.3 Å². The molecule has 102 valence electrons. The van der Waals surface area contributed by atoms with Crippen LogP contribution in [-0.2, 0) is 4.74 Å². The van der Waals surface area contributed by atoms with Crippen LogP contribution in [0.15, 0.2) is 35.0 Å². The van der Waals surface area contributed by atoms with Crippen LogP contribution < -0.4 is 5.32 Å². The van der Waals surface area contributed by atoms with Crippen molar-refractivity contribution < 1.29 is 4.74 Å². The number of nitrogens with one attached hydrogen (secondary N) is 1. The molecule has 2 aromatic rings. The molecule has 1 aliphatic rings. The average molecular weight is 293 g/mol. The van der Waals surface area contributed by atoms with Crippen molar-refractivity contribution in [2.45, 2.75) is 37.5 Å². The second-order valence-corrected chi connectivity index (χ2v) is 6.96. The van der Waals surface area contributed by atoms with Gasteiger partial charge in [-0.1, -0.05) is 12.1 Å². The summed E-state index contributed by atoms with van der Waals surface area (Å²) in [5.41, 5.74) is 0. The highest BCUT2D eigenvalue weighted by atomic mass is 32.1. The highest BCUT2D eigenvalue weighted by molar-refractivity contribution is 7.11. The summed E-state index contributed by atoms with van der Waals surface area (Å²) >= 11 is 3.66. The van der Waals surface area contributed by atoms with Gasteiger partial charge in [-0.15, -0.1) is 22.7 Å². The third-order valence-corrected chi connectivity index (χ3v) is 5.65. The van der Waals surface area contributed by atoms with Gasteiger partial charge in [0.15, 0.2) is 0 Å². The van der Waals surface area contributed by atoms with E-state index >= 15 is 0 Å². The SMILES string of the molecule is COC1CCC(NC(c2cccs2)c2cccs2)C1. The normalized spacial score (nSPS) is 23.3. The summed E-state index contributed by atoms with van der Waals surface area (Å²) in [6.07, 6.45) is 3.95. The summed E-state index contributed by atoms with van der Waals surface area (Å²) in [5.74, 6) is 0. The molecule has 1 saturated carbocycles. The summed E-state index contributed by atoms with van der Waals surface area (Å²) in [6, 6.07) is 9.64. The van der Waals surface area contributed by atoms with E-state index in [0.29, 0.717) is 18.2 Å². The zero-order valence-corrected chi connectivity index (χ0v) is 12.7. The van der Waals surface area contributed by atoms with E-state index in [-0.39, 0.29) is 0 Å². The molecule has 0 aliphatic heterocycles. The smallest absolute Gasteiger partial charge is 0.0767 e. The van der Waals surface area contributed by atoms with Gasteiger partial charge in [-0.3, -0.25) is 0 Å². The minimum Gasteiger partial charge on any atom is -0.381 e. The molecule has 0 radical (unpaired) electrons. The van der Waals surface area contributed by atoms with Gasteiger partial charge in [0, 0.05) is 22.9 Å². The Morgan fingerprint density at radius 1 is 1.16 bits per heavy atom. The van der Waals surface area contributed by atoms with Gasteiger partial charge < -0.3 is 10.1 Å². The summed E-state index contributed by atoms with van der Waals surface area (Å²) in [5, 5.41) is 8.14. The first-order chi connectivity index (χ1) is 9.36. The molecule has 1 fully saturated rings. The van der Waals surface area contributed by atoms with Gasteiger partial charge in [0.1, 0.15) is 0 Å². The molecule has 0 bridgehead atoms. The van der Waals surface area contributed by atoms with Crippen LogP contribution >= 0.6 is 22.7 Å². The molecular weight excluding hydrogens is 274 g/mol. The quantitative estimate of drug-likeness (QED) is 0.897. The van der Waals surface area contributed by atoms with E-state index < -0.39 is 0 Å². The number of methoxy groups -OCH3 is 1. The average Bonchev–Trinajstić information content (AvgIpc) is 3.17. The minimum absolute atomic E-state index is 0.348. The maximum Gasteiger partial charge on any atom is 0.0767 e. The van der Waals surface area contributed by atoms with Crippen LogP contribution in [0.2, 0.25) is 0 Å². The molecular formula is C15H19NOS2. The first-order valence-corrected chi connectivity index (χ1v) is 8.48. The van der Waals surface area contributed by atoms with Gasteiger partial charge in [0.25, 0.3) is 0 Å². The largest absolute Gasteiger partial charge is 0.381 e. The van der Waals surface area contributed by atoms with E-state index in [2.05, 4.69) is 40.3 Å². The van der Waals surface area contributed by atoms with E-state index in [4.69, 9.17) is 4.74 Å². The summed E-state index contributed by atoms with van der Waals surface area (Å²) in [6.45, 7) is 0. The monoisotopic (exact) mass is 293 g/mol. The Balaban J connectivity index is 1.74. The number of hydrogen-bond acceptors (Lipinski definition) is 4. The van der Waals surface area contributed by atoms with Gasteiger partial charge in [-0.05, 0) is 42.2 Å². The number of ether oxygens (including phenoxy) is 1. The highest BCUT2D eigenvalue weighted by Gasteiger charge is 2.28. The number of rotatable bonds is 5. The third kappa shape index (κ3) is 3.08. The standard InChI is InChI=1S/C15H19NOS2/c1-17-12-7-6-11(10-12)16-15(13-4-2-8-18-13)14-5-3-9-19-14/h2-5,8-9,11-12,15-16H,6-7,10H2,1H3. The molecule has 3 rings (SSSR count). The molecule has 0 amide bonds. The van der Waals surface area contributed by atoms with Crippen molar-refractivity contribution >= 4 is 22.7 Å². The van der Waals surface area contributed by atoms with Crippen molar-refractivity contribution in [1.82, 2.24) is 5.32 Å². The maximum atomic E-state index is 5.47. The predicted octanol–water partition coefficient (Wildman–Crippen LogP) is 4.06. The van der Waals surface area contributed by atoms with Crippen LogP contribution in [-0.4, -0.2) is 19.3 Å². The van der Waals surface area contributed by atoms with Gasteiger partial charge >= 0.3 is 0 Å². The van der Waals surface area contributed by atoms with Gasteiger partial charge in [-0.2, -0.15) is 0 Å². The third-order valence-electron chi connectivity index (χ3n) is 3.78. The van der Waals surface area contributed by atoms with Crippen LogP contribution in [0.4, 0.5) is 0 Å². The number of thiophene rings is 2. The molecule has 2 atom stereocenters. The van der Waals surface area contributed by atoms with E-state index in [1.54, 1.807) is 0 Å². The van der Waals surface area contributed by atoms with Crippen molar-refractivity contribution in [2.24, 2.45) is 0 Å². The zero-order chi connectivity index (χ0) is 13.1. The molecule has 4 heteroatoms. The molecule has 1 aliphatic carbocycles. The molecule has 0 spiro atoms. The fourth-order valence-electron chi connectivity index (χ4n) is 2.76. The Morgan fingerprint density at radius 2 is 1.84 bits per heavy atom. The molecule has 0 aromatic carbocycles. The fraction of sp³-hybridized carbons (Fsp3) is 0.467. The first kappa shape index (κ1) is 13.3. The highest BCUT2D eigenvalue weighted by Crippen LogP contribution is 2.32. The summed E-state index contributed by atoms with van der Waals surface area (Å²) in [7, 11) is 1.82. The molecule has 2 nitrogen and oxygen atoms in total. The Labute approximate surface area is 122 Å². The van der Waals surface area contributed by atoms with Gasteiger partial charge in [0.2, 0.25) is 0 Å². The maximum absolute atomic E-state index is 5.47. The van der Waals surface area contributed by atoms with Crippen LogP contribution in [0.1, 0.15) is 35.1 Å². The second kappa shape index (κ2) is 6.18. The second-order valence-electron chi connectivity index (χ2n) is 5.00. The first-order valence-electron chi connectivity index (χ1n) is 6.72. The van der Waals surface area contributed by atoms with Crippen molar-refractivity contribution in [3.05, 3.63) is 44.8 Å².